The van der Waals surface area contributed by atoms with Crippen molar-refractivity contribution in [3.05, 3.63) is 59.4 Å². The molecule has 21 heavy (non-hydrogen) atoms. The van der Waals surface area contributed by atoms with Crippen LogP contribution in [-0.4, -0.2) is 18.6 Å². The minimum atomic E-state index is -0.543. The first-order chi connectivity index (χ1) is 10.2. The van der Waals surface area contributed by atoms with Crippen LogP contribution in [0.15, 0.2) is 36.5 Å². The Balaban J connectivity index is 2.29. The maximum absolute atomic E-state index is 14.2. The van der Waals surface area contributed by atoms with Gasteiger partial charge in [0.05, 0.1) is 12.2 Å². The fraction of sp³-hybridized carbons (Fsp3) is 0.312. The van der Waals surface area contributed by atoms with Crippen LogP contribution in [0.2, 0.25) is 0 Å². The van der Waals surface area contributed by atoms with E-state index >= 15 is 0 Å². The minimum Gasteiger partial charge on any atom is -0.361 e. The van der Waals surface area contributed by atoms with E-state index in [9.17, 15) is 8.78 Å². The van der Waals surface area contributed by atoms with E-state index in [2.05, 4.69) is 10.3 Å². The van der Waals surface area contributed by atoms with Gasteiger partial charge < -0.3 is 10.2 Å². The molecule has 1 aromatic carbocycles. The van der Waals surface area contributed by atoms with E-state index in [0.29, 0.717) is 25.2 Å². The van der Waals surface area contributed by atoms with Crippen LogP contribution < -0.4 is 10.2 Å². The number of nitrogens with one attached hydrogen (secondary N) is 1. The number of nitrogens with zero attached hydrogens (tertiary/aromatic N) is 2. The molecular formula is C16H19F2N3. The van der Waals surface area contributed by atoms with Crippen LogP contribution in [0.4, 0.5) is 14.5 Å². The van der Waals surface area contributed by atoms with Gasteiger partial charge in [-0.25, -0.2) is 8.78 Å². The summed E-state index contributed by atoms with van der Waals surface area (Å²) in [6, 6.07) is 8.26. The van der Waals surface area contributed by atoms with Gasteiger partial charge in [0.15, 0.2) is 0 Å². The third kappa shape index (κ3) is 3.76. The second-order valence-corrected chi connectivity index (χ2v) is 4.77. The van der Waals surface area contributed by atoms with Crippen LogP contribution in [0.3, 0.4) is 0 Å². The van der Waals surface area contributed by atoms with Crippen molar-refractivity contribution in [2.45, 2.75) is 20.0 Å². The first-order valence-corrected chi connectivity index (χ1v) is 6.93. The Morgan fingerprint density at radius 1 is 1.19 bits per heavy atom. The van der Waals surface area contributed by atoms with Crippen molar-refractivity contribution in [2.75, 3.05) is 18.5 Å². The molecule has 0 radical (unpaired) electrons. The number of benzene rings is 1. The van der Waals surface area contributed by atoms with Gasteiger partial charge in [-0.1, -0.05) is 6.07 Å². The summed E-state index contributed by atoms with van der Waals surface area (Å²) in [5.41, 5.74) is 1.37. The molecule has 1 aromatic heterocycles. The molecule has 0 bridgehead atoms. The number of anilines is 1. The first-order valence-electron chi connectivity index (χ1n) is 6.93. The molecule has 0 aliphatic carbocycles. The molecule has 2 rings (SSSR count). The maximum Gasteiger partial charge on any atom is 0.149 e. The molecule has 5 heteroatoms. The molecule has 3 nitrogen and oxygen atoms in total. The van der Waals surface area contributed by atoms with Crippen molar-refractivity contribution in [2.24, 2.45) is 0 Å². The predicted octanol–water partition coefficient (Wildman–Crippen LogP) is 3.11. The topological polar surface area (TPSA) is 28.2 Å². The monoisotopic (exact) mass is 291 g/mol. The fourth-order valence-electron chi connectivity index (χ4n) is 2.26. The van der Waals surface area contributed by atoms with Crippen LogP contribution in [0, 0.1) is 11.6 Å². The summed E-state index contributed by atoms with van der Waals surface area (Å²) >= 11 is 0. The Bertz CT molecular complexity index is 564. The summed E-state index contributed by atoms with van der Waals surface area (Å²) in [4.78, 5) is 5.85. The Labute approximate surface area is 123 Å². The van der Waals surface area contributed by atoms with Crippen LogP contribution >= 0.6 is 0 Å². The van der Waals surface area contributed by atoms with E-state index < -0.39 is 11.6 Å². The third-order valence-electron chi connectivity index (χ3n) is 3.23. The fourth-order valence-corrected chi connectivity index (χ4v) is 2.26. The molecule has 112 valence electrons. The molecular weight excluding hydrogens is 272 g/mol. The Kier molecular flexibility index (Phi) is 5.22. The Morgan fingerprint density at radius 3 is 2.43 bits per heavy atom. The van der Waals surface area contributed by atoms with E-state index in [4.69, 9.17) is 0 Å². The van der Waals surface area contributed by atoms with Crippen molar-refractivity contribution < 1.29 is 8.78 Å². The number of pyridine rings is 1. The number of aromatic nitrogens is 1. The van der Waals surface area contributed by atoms with Gasteiger partial charge in [0.25, 0.3) is 0 Å². The molecule has 0 atom stereocenters. The van der Waals surface area contributed by atoms with E-state index in [-0.39, 0.29) is 5.69 Å². The summed E-state index contributed by atoms with van der Waals surface area (Å²) in [6.07, 6.45) is 1.67. The molecule has 0 saturated carbocycles. The molecule has 0 saturated heterocycles. The largest absolute Gasteiger partial charge is 0.361 e. The standard InChI is InChI=1S/C16H19F2N3/c1-3-21(11-13-6-4-5-7-20-13)16-14(17)8-12(10-19-2)9-15(16)18/h4-9,19H,3,10-11H2,1-2H3. The second-order valence-electron chi connectivity index (χ2n) is 4.77. The summed E-state index contributed by atoms with van der Waals surface area (Å²) in [6.45, 7) is 3.16. The third-order valence-corrected chi connectivity index (χ3v) is 3.23. The smallest absolute Gasteiger partial charge is 0.149 e. The lowest BCUT2D eigenvalue weighted by molar-refractivity contribution is 0.566. The predicted molar refractivity (Wildman–Crippen MR) is 80.1 cm³/mol. The van der Waals surface area contributed by atoms with E-state index in [1.54, 1.807) is 18.1 Å². The van der Waals surface area contributed by atoms with Crippen LogP contribution in [0.5, 0.6) is 0 Å². The van der Waals surface area contributed by atoms with Gasteiger partial charge in [0, 0.05) is 19.3 Å². The summed E-state index contributed by atoms with van der Waals surface area (Å²) < 4.78 is 28.5. The van der Waals surface area contributed by atoms with E-state index in [1.807, 2.05) is 25.1 Å². The molecule has 0 amide bonds. The zero-order valence-corrected chi connectivity index (χ0v) is 12.2. The molecule has 0 aliphatic heterocycles. The van der Waals surface area contributed by atoms with E-state index in [0.717, 1.165) is 5.69 Å². The molecule has 1 N–H and O–H groups in total. The summed E-state index contributed by atoms with van der Waals surface area (Å²) in [5.74, 6) is -1.09. The molecule has 0 aliphatic rings. The Hall–Kier alpha value is -2.01. The summed E-state index contributed by atoms with van der Waals surface area (Å²) in [7, 11) is 1.74. The highest BCUT2D eigenvalue weighted by Crippen LogP contribution is 2.26. The SMILES string of the molecule is CCN(Cc1ccccn1)c1c(F)cc(CNC)cc1F. The number of rotatable bonds is 6. The van der Waals surface area contributed by atoms with Crippen molar-refractivity contribution in [3.8, 4) is 0 Å². The van der Waals surface area contributed by atoms with E-state index in [1.165, 1.54) is 12.1 Å². The molecule has 0 spiro atoms. The lowest BCUT2D eigenvalue weighted by Crippen LogP contribution is -2.25. The molecule has 1 heterocycles. The minimum absolute atomic E-state index is 0.00278. The van der Waals surface area contributed by atoms with Gasteiger partial charge in [-0.05, 0) is 43.8 Å². The molecule has 0 fully saturated rings. The van der Waals surface area contributed by atoms with Crippen LogP contribution in [0.1, 0.15) is 18.2 Å². The zero-order valence-electron chi connectivity index (χ0n) is 12.2. The Morgan fingerprint density at radius 2 is 1.90 bits per heavy atom. The quantitative estimate of drug-likeness (QED) is 0.886. The van der Waals surface area contributed by atoms with Crippen molar-refractivity contribution in [1.29, 1.82) is 0 Å². The van der Waals surface area contributed by atoms with Gasteiger partial charge in [0.2, 0.25) is 0 Å². The van der Waals surface area contributed by atoms with Crippen LogP contribution in [-0.2, 0) is 13.1 Å². The van der Waals surface area contributed by atoms with Gasteiger partial charge in [-0.15, -0.1) is 0 Å². The highest BCUT2D eigenvalue weighted by Gasteiger charge is 2.17. The van der Waals surface area contributed by atoms with Gasteiger partial charge in [0.1, 0.15) is 17.3 Å². The van der Waals surface area contributed by atoms with Crippen molar-refractivity contribution >= 4 is 5.69 Å². The average Bonchev–Trinajstić information content (AvgIpc) is 2.47. The number of hydrogen-bond acceptors (Lipinski definition) is 3. The summed E-state index contributed by atoms with van der Waals surface area (Å²) in [5, 5.41) is 2.88. The highest BCUT2D eigenvalue weighted by atomic mass is 19.1. The highest BCUT2D eigenvalue weighted by molar-refractivity contribution is 5.51. The number of halogens is 2. The lowest BCUT2D eigenvalue weighted by Gasteiger charge is -2.24. The average molecular weight is 291 g/mol. The maximum atomic E-state index is 14.2. The van der Waals surface area contributed by atoms with Gasteiger partial charge in [-0.3, -0.25) is 4.98 Å². The first kappa shape index (κ1) is 15.4. The molecule has 2 aromatic rings. The van der Waals surface area contributed by atoms with Crippen molar-refractivity contribution in [1.82, 2.24) is 10.3 Å². The van der Waals surface area contributed by atoms with Gasteiger partial charge in [-0.2, -0.15) is 0 Å². The lowest BCUT2D eigenvalue weighted by atomic mass is 10.1. The number of hydrogen-bond donors (Lipinski definition) is 1. The van der Waals surface area contributed by atoms with Crippen molar-refractivity contribution in [3.63, 3.8) is 0 Å². The van der Waals surface area contributed by atoms with Gasteiger partial charge >= 0.3 is 0 Å². The van der Waals surface area contributed by atoms with Crippen LogP contribution in [0.25, 0.3) is 0 Å². The zero-order chi connectivity index (χ0) is 15.2. The normalized spacial score (nSPS) is 10.7. The second kappa shape index (κ2) is 7.13. The molecule has 0 unspecified atom stereocenters.